The Labute approximate surface area is 283 Å². The molecule has 0 radical (unpaired) electrons. The van der Waals surface area contributed by atoms with Crippen molar-refractivity contribution in [3.63, 3.8) is 0 Å². The second-order valence-corrected chi connectivity index (χ2v) is 21.0. The van der Waals surface area contributed by atoms with Gasteiger partial charge in [0.1, 0.15) is 11.5 Å². The molecule has 0 saturated carbocycles. The van der Waals surface area contributed by atoms with Crippen LogP contribution in [0.2, 0.25) is 0 Å². The van der Waals surface area contributed by atoms with Gasteiger partial charge in [-0.1, -0.05) is 36.4 Å². The van der Waals surface area contributed by atoms with Crippen molar-refractivity contribution in [2.45, 2.75) is 0 Å². The van der Waals surface area contributed by atoms with Crippen LogP contribution < -0.4 is 89.6 Å². The van der Waals surface area contributed by atoms with E-state index in [2.05, 4.69) is 158 Å². The average molecular weight is 982 g/mol. The highest BCUT2D eigenvalue weighted by Gasteiger charge is 2.21. The third-order valence-electron chi connectivity index (χ3n) is 5.81. The van der Waals surface area contributed by atoms with Crippen LogP contribution in [0.5, 0.6) is 11.5 Å². The molecule has 6 aromatic rings. The topological polar surface area (TPSA) is 9.23 Å². The minimum absolute atomic E-state index is 0.101. The molecule has 1 nitrogen and oxygen atoms in total. The van der Waals surface area contributed by atoms with Gasteiger partial charge in [-0.2, -0.15) is 0 Å². The van der Waals surface area contributed by atoms with E-state index >= 15 is 0 Å². The molecule has 41 heavy (non-hydrogen) atoms. The molecule has 0 heterocycles. The van der Waals surface area contributed by atoms with Crippen molar-refractivity contribution < 1.29 is 89.6 Å². The molecule has 0 saturated heterocycles. The minimum Gasteiger partial charge on any atom is -0.457 e. The molecular formula is C36H26I4O+4. The summed E-state index contributed by atoms with van der Waals surface area (Å²) in [5.74, 6) is 1.78. The lowest BCUT2D eigenvalue weighted by molar-refractivity contribution is -0.603. The molecule has 0 amide bonds. The van der Waals surface area contributed by atoms with E-state index in [1.807, 2.05) is 0 Å². The lowest BCUT2D eigenvalue weighted by Crippen LogP contribution is -3.62. The number of hydrogen-bond acceptors (Lipinski definition) is 1. The van der Waals surface area contributed by atoms with E-state index in [4.69, 9.17) is 4.74 Å². The van der Waals surface area contributed by atoms with Crippen molar-refractivity contribution >= 4 is 0 Å². The fourth-order valence-corrected chi connectivity index (χ4v) is 12.6. The molecule has 0 fully saturated rings. The zero-order chi connectivity index (χ0) is 27.7. The van der Waals surface area contributed by atoms with Crippen LogP contribution in [0.1, 0.15) is 0 Å². The largest absolute Gasteiger partial charge is 0.457 e. The van der Waals surface area contributed by atoms with Crippen LogP contribution >= 0.6 is 0 Å². The molecule has 0 aromatic heterocycles. The molecule has 0 spiro atoms. The van der Waals surface area contributed by atoms with Crippen molar-refractivity contribution in [1.29, 1.82) is 0 Å². The van der Waals surface area contributed by atoms with Gasteiger partial charge in [-0.25, -0.2) is 0 Å². The fraction of sp³-hybridized carbons (Fsp3) is 0. The number of hydrogen-bond donors (Lipinski definition) is 0. The van der Waals surface area contributed by atoms with E-state index in [1.165, 1.54) is 28.6 Å². The Kier molecular flexibility index (Phi) is 10.6. The minimum atomic E-state index is -0.201. The van der Waals surface area contributed by atoms with Crippen LogP contribution in [0.25, 0.3) is 0 Å². The van der Waals surface area contributed by atoms with E-state index in [-0.39, 0.29) is 84.8 Å². The van der Waals surface area contributed by atoms with Gasteiger partial charge in [0.2, 0.25) is 0 Å². The lowest BCUT2D eigenvalue weighted by Gasteiger charge is -2.04. The molecule has 0 aliphatic carbocycles. The molecule has 0 unspecified atom stereocenters. The molecule has 0 N–H and O–H groups in total. The second kappa shape index (κ2) is 15.0. The second-order valence-electron chi connectivity index (χ2n) is 8.85. The third kappa shape index (κ3) is 9.01. The normalized spacial score (nSPS) is 10.8. The Balaban J connectivity index is 0.995. The van der Waals surface area contributed by atoms with Crippen LogP contribution in [0.15, 0.2) is 158 Å². The van der Waals surface area contributed by atoms with Gasteiger partial charge in [-0.05, 0) is 121 Å². The summed E-state index contributed by atoms with van der Waals surface area (Å²) in [4.78, 5) is 0. The third-order valence-corrected chi connectivity index (χ3v) is 16.5. The summed E-state index contributed by atoms with van der Waals surface area (Å²) >= 11 is -0.604. The quantitative estimate of drug-likeness (QED) is 0.128. The lowest BCUT2D eigenvalue weighted by atomic mass is 10.3. The molecule has 5 heteroatoms. The summed E-state index contributed by atoms with van der Waals surface area (Å²) < 4.78 is 17.7. The maximum atomic E-state index is 6.17. The highest BCUT2D eigenvalue weighted by Crippen LogP contribution is 2.19. The van der Waals surface area contributed by atoms with Crippen molar-refractivity contribution in [2.24, 2.45) is 0 Å². The molecule has 6 aromatic carbocycles. The van der Waals surface area contributed by atoms with Crippen molar-refractivity contribution in [3.05, 3.63) is 186 Å². The SMILES string of the molecule is c1ccc([I+]c2ccc([I+]c3ccc(Oc4ccc([I+]c5ccc([I+]c6ccccc6)cc5)cc4)cc3)cc2)cc1. The first kappa shape index (κ1) is 29.1. The van der Waals surface area contributed by atoms with Gasteiger partial charge in [0, 0.05) is 0 Å². The van der Waals surface area contributed by atoms with Crippen molar-refractivity contribution in [1.82, 2.24) is 0 Å². The molecule has 200 valence electrons. The van der Waals surface area contributed by atoms with Gasteiger partial charge in [0.05, 0.1) is 0 Å². The zero-order valence-electron chi connectivity index (χ0n) is 21.9. The van der Waals surface area contributed by atoms with E-state index in [1.54, 1.807) is 0 Å². The molecular weight excluding hydrogens is 956 g/mol. The summed E-state index contributed by atoms with van der Waals surface area (Å²) in [5, 5.41) is 0. The van der Waals surface area contributed by atoms with Crippen LogP contribution in [-0.2, 0) is 0 Å². The van der Waals surface area contributed by atoms with E-state index in [9.17, 15) is 0 Å². The van der Waals surface area contributed by atoms with Gasteiger partial charge in [0.15, 0.2) is 28.6 Å². The summed E-state index contributed by atoms with van der Waals surface area (Å²) in [6.07, 6.45) is 0. The van der Waals surface area contributed by atoms with Crippen LogP contribution in [0, 0.1) is 28.6 Å². The van der Waals surface area contributed by atoms with Gasteiger partial charge in [-0.3, -0.25) is 0 Å². The first-order chi connectivity index (χ1) is 20.2. The Hall–Kier alpha value is -1.96. The van der Waals surface area contributed by atoms with Gasteiger partial charge in [-0.15, -0.1) is 0 Å². The van der Waals surface area contributed by atoms with Crippen LogP contribution in [-0.4, -0.2) is 0 Å². The van der Waals surface area contributed by atoms with Crippen LogP contribution in [0.4, 0.5) is 0 Å². The first-order valence-electron chi connectivity index (χ1n) is 13.0. The highest BCUT2D eigenvalue weighted by molar-refractivity contribution is 5.30. The number of ether oxygens (including phenoxy) is 1. The first-order valence-corrected chi connectivity index (χ1v) is 21.7. The maximum Gasteiger partial charge on any atom is 0.357 e. The Morgan fingerprint density at radius 1 is 0.244 bits per heavy atom. The average Bonchev–Trinajstić information content (AvgIpc) is 3.02. The predicted molar refractivity (Wildman–Crippen MR) is 148 cm³/mol. The summed E-state index contributed by atoms with van der Waals surface area (Å²) in [6, 6.07) is 57.5. The maximum absolute atomic E-state index is 6.17. The van der Waals surface area contributed by atoms with E-state index in [0.29, 0.717) is 0 Å². The van der Waals surface area contributed by atoms with E-state index in [0.717, 1.165) is 11.5 Å². The van der Waals surface area contributed by atoms with E-state index < -0.39 is 0 Å². The van der Waals surface area contributed by atoms with Gasteiger partial charge < -0.3 is 4.74 Å². The summed E-state index contributed by atoms with van der Waals surface area (Å²) in [5.41, 5.74) is 0. The Morgan fingerprint density at radius 2 is 0.463 bits per heavy atom. The molecule has 0 aliphatic heterocycles. The molecule has 0 atom stereocenters. The Morgan fingerprint density at radius 3 is 0.732 bits per heavy atom. The van der Waals surface area contributed by atoms with Crippen molar-refractivity contribution in [2.75, 3.05) is 0 Å². The van der Waals surface area contributed by atoms with Gasteiger partial charge >= 0.3 is 84.8 Å². The number of rotatable bonds is 10. The molecule has 6 rings (SSSR count). The Bertz CT molecular complexity index is 1520. The fourth-order valence-electron chi connectivity index (χ4n) is 3.84. The summed E-state index contributed by atoms with van der Waals surface area (Å²) in [7, 11) is 0. The van der Waals surface area contributed by atoms with Crippen LogP contribution in [0.3, 0.4) is 0 Å². The number of halogens is 4. The predicted octanol–water partition coefficient (Wildman–Crippen LogP) is -4.01. The van der Waals surface area contributed by atoms with Crippen molar-refractivity contribution in [3.8, 4) is 11.5 Å². The van der Waals surface area contributed by atoms with Gasteiger partial charge in [0.25, 0.3) is 0 Å². The number of benzene rings is 6. The highest BCUT2D eigenvalue weighted by atomic mass is 127. The monoisotopic (exact) mass is 982 g/mol. The molecule has 0 aliphatic rings. The smallest absolute Gasteiger partial charge is 0.357 e. The molecule has 0 bridgehead atoms. The standard InChI is InChI=1S/C36H26I4O/c1-3-7-27(8-4-1)37-29-11-15-31(16-12-29)39-33-19-23-35(24-20-33)41-36-25-21-34(22-26-36)40-32-17-13-30(14-18-32)38-28-9-5-2-6-10-28/h1-26H/q+4. The zero-order valence-corrected chi connectivity index (χ0v) is 30.6. The summed E-state index contributed by atoms with van der Waals surface area (Å²) in [6.45, 7) is 0.